The molecule has 0 amide bonds. The zero-order chi connectivity index (χ0) is 18.4. The van der Waals surface area contributed by atoms with E-state index in [2.05, 4.69) is 0 Å². The number of carbonyl (C=O) groups excluding carboxylic acids is 1. The monoisotopic (exact) mass is 355 g/mol. The molecule has 0 aliphatic carbocycles. The van der Waals surface area contributed by atoms with Gasteiger partial charge in [0.1, 0.15) is 5.70 Å². The summed E-state index contributed by atoms with van der Waals surface area (Å²) in [5, 5.41) is 0. The second kappa shape index (κ2) is 5.85. The fraction of sp³-hybridized carbons (Fsp3) is 0.250. The van der Waals surface area contributed by atoms with E-state index in [1.54, 1.807) is 54.6 Å². The standard InChI is InChI=1S/C20H21NO3S/c1-14-9-11-15(12-10-14)25(23,24)21-17-8-6-5-7-16(17)19(22)18(21)13-20(2,3)4/h5-13H,1-4H3/b18-13-. The Morgan fingerprint density at radius 3 is 2.16 bits per heavy atom. The number of aryl methyl sites for hydroxylation is 1. The van der Waals surface area contributed by atoms with Crippen LogP contribution in [-0.4, -0.2) is 14.2 Å². The Hall–Kier alpha value is -2.40. The predicted octanol–water partition coefficient (Wildman–Crippen LogP) is 4.32. The largest absolute Gasteiger partial charge is 0.287 e. The number of carbonyl (C=O) groups is 1. The number of nitrogens with zero attached hydrogens (tertiary/aromatic N) is 1. The molecule has 4 nitrogen and oxygen atoms in total. The van der Waals surface area contributed by atoms with E-state index in [0.29, 0.717) is 11.3 Å². The highest BCUT2D eigenvalue weighted by atomic mass is 32.2. The number of Topliss-reactive ketones (excluding diaryl/α,β-unsaturated/α-hetero) is 1. The first-order valence-electron chi connectivity index (χ1n) is 8.10. The molecule has 0 saturated carbocycles. The fourth-order valence-electron chi connectivity index (χ4n) is 2.81. The van der Waals surface area contributed by atoms with Gasteiger partial charge in [-0.05, 0) is 36.6 Å². The van der Waals surface area contributed by atoms with Crippen LogP contribution in [0.3, 0.4) is 0 Å². The van der Waals surface area contributed by atoms with Gasteiger partial charge >= 0.3 is 0 Å². The van der Waals surface area contributed by atoms with Crippen LogP contribution in [0.15, 0.2) is 65.2 Å². The molecule has 0 radical (unpaired) electrons. The minimum atomic E-state index is -3.88. The van der Waals surface area contributed by atoms with Crippen LogP contribution in [0.5, 0.6) is 0 Å². The van der Waals surface area contributed by atoms with Gasteiger partial charge < -0.3 is 0 Å². The molecule has 0 saturated heterocycles. The highest BCUT2D eigenvalue weighted by Crippen LogP contribution is 2.40. The van der Waals surface area contributed by atoms with Gasteiger partial charge in [-0.25, -0.2) is 12.7 Å². The average molecular weight is 355 g/mol. The molecular weight excluding hydrogens is 334 g/mol. The third kappa shape index (κ3) is 3.12. The highest BCUT2D eigenvalue weighted by molar-refractivity contribution is 7.93. The lowest BCUT2D eigenvalue weighted by Gasteiger charge is -2.23. The van der Waals surface area contributed by atoms with Crippen molar-refractivity contribution in [1.82, 2.24) is 0 Å². The third-order valence-corrected chi connectivity index (χ3v) is 5.69. The maximum atomic E-state index is 13.3. The van der Waals surface area contributed by atoms with Gasteiger partial charge in [-0.2, -0.15) is 0 Å². The Kier molecular flexibility index (Phi) is 4.07. The molecule has 0 atom stereocenters. The molecule has 0 aromatic heterocycles. The van der Waals surface area contributed by atoms with Crippen LogP contribution in [-0.2, 0) is 10.0 Å². The van der Waals surface area contributed by atoms with Crippen molar-refractivity contribution < 1.29 is 13.2 Å². The lowest BCUT2D eigenvalue weighted by Crippen LogP contribution is -2.29. The molecule has 0 spiro atoms. The molecular formula is C20H21NO3S. The first-order chi connectivity index (χ1) is 11.6. The predicted molar refractivity (Wildman–Crippen MR) is 99.2 cm³/mol. The van der Waals surface area contributed by atoms with E-state index in [4.69, 9.17) is 0 Å². The van der Waals surface area contributed by atoms with Crippen molar-refractivity contribution >= 4 is 21.5 Å². The number of fused-ring (bicyclic) bond motifs is 1. The molecule has 130 valence electrons. The summed E-state index contributed by atoms with van der Waals surface area (Å²) in [6.07, 6.45) is 1.72. The Morgan fingerprint density at radius 2 is 1.56 bits per heavy atom. The van der Waals surface area contributed by atoms with Crippen LogP contribution < -0.4 is 4.31 Å². The highest BCUT2D eigenvalue weighted by Gasteiger charge is 2.40. The van der Waals surface area contributed by atoms with E-state index in [0.717, 1.165) is 5.56 Å². The Bertz CT molecular complexity index is 965. The maximum absolute atomic E-state index is 13.3. The van der Waals surface area contributed by atoms with Crippen molar-refractivity contribution in [2.75, 3.05) is 4.31 Å². The van der Waals surface area contributed by atoms with E-state index in [1.807, 2.05) is 27.7 Å². The van der Waals surface area contributed by atoms with Crippen LogP contribution >= 0.6 is 0 Å². The van der Waals surface area contributed by atoms with Gasteiger partial charge in [-0.15, -0.1) is 0 Å². The number of hydrogen-bond donors (Lipinski definition) is 0. The molecule has 2 aromatic rings. The Morgan fingerprint density at radius 1 is 0.960 bits per heavy atom. The zero-order valence-corrected chi connectivity index (χ0v) is 15.6. The first-order valence-corrected chi connectivity index (χ1v) is 9.54. The van der Waals surface area contributed by atoms with Gasteiger partial charge in [-0.1, -0.05) is 56.7 Å². The molecule has 25 heavy (non-hydrogen) atoms. The lowest BCUT2D eigenvalue weighted by molar-refractivity contribution is 0.103. The van der Waals surface area contributed by atoms with E-state index < -0.39 is 10.0 Å². The molecule has 5 heteroatoms. The van der Waals surface area contributed by atoms with Gasteiger partial charge in [0.05, 0.1) is 10.6 Å². The number of benzene rings is 2. The maximum Gasteiger partial charge on any atom is 0.268 e. The van der Waals surface area contributed by atoms with Crippen LogP contribution in [0.2, 0.25) is 0 Å². The second-order valence-corrected chi connectivity index (χ2v) is 9.11. The number of para-hydroxylation sites is 1. The van der Waals surface area contributed by atoms with Crippen molar-refractivity contribution in [2.45, 2.75) is 32.6 Å². The number of sulfonamides is 1. The number of rotatable bonds is 2. The molecule has 0 bridgehead atoms. The van der Waals surface area contributed by atoms with Gasteiger partial charge in [-0.3, -0.25) is 4.79 Å². The van der Waals surface area contributed by atoms with Crippen LogP contribution in [0, 0.1) is 12.3 Å². The summed E-state index contributed by atoms with van der Waals surface area (Å²) in [4.78, 5) is 13.0. The lowest BCUT2D eigenvalue weighted by atomic mass is 9.94. The zero-order valence-electron chi connectivity index (χ0n) is 14.8. The summed E-state index contributed by atoms with van der Waals surface area (Å²) in [6, 6.07) is 13.5. The van der Waals surface area contributed by atoms with Crippen LogP contribution in [0.1, 0.15) is 36.7 Å². The number of anilines is 1. The topological polar surface area (TPSA) is 54.5 Å². The summed E-state index contributed by atoms with van der Waals surface area (Å²) in [6.45, 7) is 7.71. The molecule has 0 unspecified atom stereocenters. The van der Waals surface area contributed by atoms with Crippen LogP contribution in [0.25, 0.3) is 0 Å². The summed E-state index contributed by atoms with van der Waals surface area (Å²) < 4.78 is 27.7. The smallest absolute Gasteiger partial charge is 0.268 e. The number of allylic oxidation sites excluding steroid dienone is 2. The Labute approximate surface area is 148 Å². The molecule has 1 heterocycles. The van der Waals surface area contributed by atoms with Crippen molar-refractivity contribution in [1.29, 1.82) is 0 Å². The molecule has 0 fully saturated rings. The molecule has 1 aliphatic rings. The van der Waals surface area contributed by atoms with E-state index in [9.17, 15) is 13.2 Å². The molecule has 0 N–H and O–H groups in total. The first kappa shape index (κ1) is 17.4. The van der Waals surface area contributed by atoms with E-state index >= 15 is 0 Å². The van der Waals surface area contributed by atoms with Crippen LogP contribution in [0.4, 0.5) is 5.69 Å². The number of hydrogen-bond acceptors (Lipinski definition) is 3. The summed E-state index contributed by atoms with van der Waals surface area (Å²) >= 11 is 0. The van der Waals surface area contributed by atoms with E-state index in [1.165, 1.54) is 4.31 Å². The second-order valence-electron chi connectivity index (χ2n) is 7.32. The SMILES string of the molecule is Cc1ccc(S(=O)(=O)N2/C(=C\C(C)(C)C)C(=O)c3ccccc32)cc1. The molecule has 3 rings (SSSR count). The Balaban J connectivity index is 2.24. The quantitative estimate of drug-likeness (QED) is 0.754. The van der Waals surface area contributed by atoms with Crippen molar-refractivity contribution in [3.63, 3.8) is 0 Å². The van der Waals surface area contributed by atoms with Gasteiger partial charge in [0, 0.05) is 5.56 Å². The fourth-order valence-corrected chi connectivity index (χ4v) is 4.32. The van der Waals surface area contributed by atoms with Gasteiger partial charge in [0.2, 0.25) is 5.78 Å². The van der Waals surface area contributed by atoms with Crippen molar-refractivity contribution in [3.8, 4) is 0 Å². The van der Waals surface area contributed by atoms with Crippen molar-refractivity contribution in [2.24, 2.45) is 5.41 Å². The normalized spacial score (nSPS) is 16.4. The summed E-state index contributed by atoms with van der Waals surface area (Å²) in [5.74, 6) is -0.263. The van der Waals surface area contributed by atoms with Gasteiger partial charge in [0.15, 0.2) is 0 Å². The minimum absolute atomic E-state index is 0.169. The van der Waals surface area contributed by atoms with Gasteiger partial charge in [0.25, 0.3) is 10.0 Å². The van der Waals surface area contributed by atoms with Crippen molar-refractivity contribution in [3.05, 3.63) is 71.4 Å². The third-order valence-electron chi connectivity index (χ3n) is 3.95. The average Bonchev–Trinajstić information content (AvgIpc) is 2.79. The molecule has 1 aliphatic heterocycles. The van der Waals surface area contributed by atoms with E-state index in [-0.39, 0.29) is 21.8 Å². The summed E-state index contributed by atoms with van der Waals surface area (Å²) in [7, 11) is -3.88. The minimum Gasteiger partial charge on any atom is -0.287 e. The number of ketones is 1. The summed E-state index contributed by atoms with van der Waals surface area (Å²) in [5.41, 5.74) is 1.64. The molecule has 2 aromatic carbocycles.